The molecule has 0 heterocycles. The van der Waals surface area contributed by atoms with Gasteiger partial charge in [-0.25, -0.2) is 8.42 Å². The quantitative estimate of drug-likeness (QED) is 0.308. The van der Waals surface area contributed by atoms with E-state index in [1.54, 1.807) is 24.3 Å². The van der Waals surface area contributed by atoms with Gasteiger partial charge in [0, 0.05) is 22.8 Å². The van der Waals surface area contributed by atoms with E-state index in [2.05, 4.69) is 15.2 Å². The summed E-state index contributed by atoms with van der Waals surface area (Å²) in [6, 6.07) is 17.9. The van der Waals surface area contributed by atoms with Crippen molar-refractivity contribution in [1.29, 1.82) is 5.26 Å². The summed E-state index contributed by atoms with van der Waals surface area (Å²) in [4.78, 5) is 10.1. The van der Waals surface area contributed by atoms with Gasteiger partial charge in [0.25, 0.3) is 15.7 Å². The Morgan fingerprint density at radius 1 is 1.06 bits per heavy atom. The van der Waals surface area contributed by atoms with Crippen LogP contribution in [0, 0.1) is 21.4 Å². The van der Waals surface area contributed by atoms with Crippen LogP contribution in [0.3, 0.4) is 0 Å². The van der Waals surface area contributed by atoms with Gasteiger partial charge in [0.1, 0.15) is 4.90 Å². The highest BCUT2D eigenvalue weighted by Crippen LogP contribution is 2.28. The average Bonchev–Trinajstić information content (AvgIpc) is 2.75. The number of hydrogen-bond acceptors (Lipinski definition) is 7. The number of non-ortho nitro benzene ring substituents is 1. The molecule has 3 aromatic carbocycles. The van der Waals surface area contributed by atoms with Crippen molar-refractivity contribution in [2.45, 2.75) is 4.90 Å². The second-order valence-corrected chi connectivity index (χ2v) is 8.24. The van der Waals surface area contributed by atoms with Crippen molar-refractivity contribution in [1.82, 2.24) is 0 Å². The molecule has 0 spiro atoms. The van der Waals surface area contributed by atoms with Gasteiger partial charge in [0.05, 0.1) is 28.5 Å². The lowest BCUT2D eigenvalue weighted by molar-refractivity contribution is -0.385. The lowest BCUT2D eigenvalue weighted by Gasteiger charge is -2.12. The maximum atomic E-state index is 12.9. The first-order valence-electron chi connectivity index (χ1n) is 8.64. The Morgan fingerprint density at radius 2 is 1.74 bits per heavy atom. The van der Waals surface area contributed by atoms with Crippen LogP contribution in [-0.4, -0.2) is 19.6 Å². The number of hydrazone groups is 1. The summed E-state index contributed by atoms with van der Waals surface area (Å²) in [5, 5.41) is 24.4. The van der Waals surface area contributed by atoms with Crippen molar-refractivity contribution in [3.63, 3.8) is 0 Å². The van der Waals surface area contributed by atoms with Gasteiger partial charge < -0.3 is 0 Å². The van der Waals surface area contributed by atoms with Crippen LogP contribution in [-0.2, 0) is 10.0 Å². The fourth-order valence-electron chi connectivity index (χ4n) is 2.49. The molecule has 0 radical (unpaired) electrons. The number of nitriles is 1. The molecule has 0 aromatic heterocycles. The smallest absolute Gasteiger partial charge is 0.270 e. The number of nitro benzene ring substituents is 1. The number of anilines is 2. The molecule has 0 amide bonds. The largest absolute Gasteiger partial charge is 0.280 e. The van der Waals surface area contributed by atoms with E-state index in [4.69, 9.17) is 16.9 Å². The molecule has 31 heavy (non-hydrogen) atoms. The monoisotopic (exact) mass is 455 g/mol. The van der Waals surface area contributed by atoms with E-state index in [1.807, 2.05) is 6.07 Å². The van der Waals surface area contributed by atoms with E-state index in [1.165, 1.54) is 42.6 Å². The third-order valence-electron chi connectivity index (χ3n) is 4.00. The van der Waals surface area contributed by atoms with Crippen LogP contribution in [0.25, 0.3) is 0 Å². The topological polar surface area (TPSA) is 137 Å². The fraction of sp³-hybridized carbons (Fsp3) is 0. The molecule has 0 atom stereocenters. The molecule has 0 aliphatic heterocycles. The summed E-state index contributed by atoms with van der Waals surface area (Å²) in [5.74, 6) is 0. The van der Waals surface area contributed by atoms with Crippen molar-refractivity contribution in [3.05, 3.63) is 93.0 Å². The van der Waals surface area contributed by atoms with E-state index in [-0.39, 0.29) is 16.3 Å². The number of nitrogens with one attached hydrogen (secondary N) is 2. The van der Waals surface area contributed by atoms with Crippen LogP contribution < -0.4 is 10.1 Å². The summed E-state index contributed by atoms with van der Waals surface area (Å²) in [7, 11) is -4.19. The number of nitro groups is 1. The number of hydrogen-bond donors (Lipinski definition) is 2. The van der Waals surface area contributed by atoms with Gasteiger partial charge in [0.2, 0.25) is 0 Å². The lowest BCUT2D eigenvalue weighted by atomic mass is 10.2. The third kappa shape index (κ3) is 5.57. The van der Waals surface area contributed by atoms with Gasteiger partial charge in [-0.3, -0.25) is 20.3 Å². The Bertz CT molecular complexity index is 1280. The maximum Gasteiger partial charge on any atom is 0.270 e. The van der Waals surface area contributed by atoms with Crippen molar-refractivity contribution in [2.24, 2.45) is 5.10 Å². The standard InChI is InChI=1S/C20H14ClN5O4S/c21-16-5-7-17(8-6-16)25-31(29,30)20-11-18(26(27)28)9-10-19(20)24-23-13-15-3-1-14(12-22)2-4-15/h1-11,13,24-25H/b23-13-. The molecule has 0 aliphatic rings. The Labute approximate surface area is 182 Å². The molecule has 2 N–H and O–H groups in total. The SMILES string of the molecule is N#Cc1ccc(/C=N\Nc2ccc([N+](=O)[O-])cc2S(=O)(=O)Nc2ccc(Cl)cc2)cc1. The van der Waals surface area contributed by atoms with Crippen molar-refractivity contribution >= 4 is 44.9 Å². The van der Waals surface area contributed by atoms with E-state index >= 15 is 0 Å². The number of rotatable bonds is 7. The molecule has 0 fully saturated rings. The van der Waals surface area contributed by atoms with Gasteiger partial charge in [-0.05, 0) is 48.0 Å². The first-order valence-corrected chi connectivity index (χ1v) is 10.5. The first-order chi connectivity index (χ1) is 14.8. The molecule has 0 bridgehead atoms. The van der Waals surface area contributed by atoms with Gasteiger partial charge >= 0.3 is 0 Å². The fourth-order valence-corrected chi connectivity index (χ4v) is 3.85. The molecule has 11 heteroatoms. The second kappa shape index (κ2) is 9.25. The molecule has 156 valence electrons. The lowest BCUT2D eigenvalue weighted by Crippen LogP contribution is -2.15. The predicted octanol–water partition coefficient (Wildman–Crippen LogP) is 4.37. The highest BCUT2D eigenvalue weighted by atomic mass is 35.5. The first kappa shape index (κ1) is 21.8. The number of halogens is 1. The third-order valence-corrected chi connectivity index (χ3v) is 5.67. The molecule has 3 aromatic rings. The number of nitrogens with zero attached hydrogens (tertiary/aromatic N) is 3. The van der Waals surface area contributed by atoms with Gasteiger partial charge in [-0.1, -0.05) is 23.7 Å². The molecular formula is C20H14ClN5O4S. The van der Waals surface area contributed by atoms with Crippen LogP contribution in [0.2, 0.25) is 5.02 Å². The van der Waals surface area contributed by atoms with E-state index in [0.717, 1.165) is 6.07 Å². The summed E-state index contributed by atoms with van der Waals surface area (Å²) in [6.07, 6.45) is 1.42. The molecule has 3 rings (SSSR count). The Morgan fingerprint density at radius 3 is 2.35 bits per heavy atom. The Balaban J connectivity index is 1.91. The molecule has 0 saturated carbocycles. The molecule has 0 saturated heterocycles. The van der Waals surface area contributed by atoms with Crippen molar-refractivity contribution < 1.29 is 13.3 Å². The number of sulfonamides is 1. The van der Waals surface area contributed by atoms with Crippen molar-refractivity contribution in [3.8, 4) is 6.07 Å². The zero-order chi connectivity index (χ0) is 22.4. The van der Waals surface area contributed by atoms with Crippen LogP contribution >= 0.6 is 11.6 Å². The van der Waals surface area contributed by atoms with Crippen LogP contribution in [0.4, 0.5) is 17.1 Å². The summed E-state index contributed by atoms with van der Waals surface area (Å²) in [6.45, 7) is 0. The van der Waals surface area contributed by atoms with Gasteiger partial charge in [-0.15, -0.1) is 0 Å². The van der Waals surface area contributed by atoms with Gasteiger partial charge in [0.15, 0.2) is 0 Å². The van der Waals surface area contributed by atoms with E-state index in [9.17, 15) is 18.5 Å². The molecule has 0 aliphatic carbocycles. The second-order valence-electron chi connectivity index (χ2n) is 6.15. The molecule has 9 nitrogen and oxygen atoms in total. The van der Waals surface area contributed by atoms with E-state index in [0.29, 0.717) is 16.1 Å². The van der Waals surface area contributed by atoms with Crippen molar-refractivity contribution in [2.75, 3.05) is 10.1 Å². The molecular weight excluding hydrogens is 442 g/mol. The normalized spacial score (nSPS) is 11.1. The highest BCUT2D eigenvalue weighted by molar-refractivity contribution is 7.92. The minimum atomic E-state index is -4.19. The maximum absolute atomic E-state index is 12.9. The predicted molar refractivity (Wildman–Crippen MR) is 118 cm³/mol. The van der Waals surface area contributed by atoms with Crippen LogP contribution in [0.1, 0.15) is 11.1 Å². The zero-order valence-electron chi connectivity index (χ0n) is 15.7. The zero-order valence-corrected chi connectivity index (χ0v) is 17.3. The van der Waals surface area contributed by atoms with E-state index < -0.39 is 20.6 Å². The summed E-state index contributed by atoms with van der Waals surface area (Å²) >= 11 is 5.81. The average molecular weight is 456 g/mol. The van der Waals surface area contributed by atoms with Crippen LogP contribution in [0.15, 0.2) is 76.7 Å². The summed E-state index contributed by atoms with van der Waals surface area (Å²) < 4.78 is 28.2. The van der Waals surface area contributed by atoms with Gasteiger partial charge in [-0.2, -0.15) is 10.4 Å². The molecule has 0 unspecified atom stereocenters. The number of benzene rings is 3. The Kier molecular flexibility index (Phi) is 6.49. The minimum absolute atomic E-state index is 0.0389. The summed E-state index contributed by atoms with van der Waals surface area (Å²) in [5.41, 5.74) is 3.64. The Hall–Kier alpha value is -3.94. The highest BCUT2D eigenvalue weighted by Gasteiger charge is 2.22. The minimum Gasteiger partial charge on any atom is -0.280 e. The van der Waals surface area contributed by atoms with Crippen LogP contribution in [0.5, 0.6) is 0 Å².